The molecule has 2 aliphatic carbocycles. The molecular formula is C40H51ClN4O8S. The van der Waals surface area contributed by atoms with Crippen LogP contribution >= 0.6 is 11.6 Å². The zero-order chi connectivity index (χ0) is 38.5. The standard InChI is InChI=1S/C34H41ClN2O6S.C6H10N2O2/c1-22-6-4-15-34(20-38,42-3)29-11-8-26(29)18-37-19-33(14-5-7-24-16-27(35)10-12-28(24)33)21-43-31-13-9-25(17-30(31)37)32(39)36-44(40,41)23(22)2;1-8-4-6(2-7-3-6)10-5(8)9/h4,9-10,12-13,15-17,20,22-23,26,29H,5-8,11,14,18-19,21H2,1-3H3,(H,36,39);7H,2-4H2,1H3/b15-4+;/t22-,23+,26-,29+,33-,34+;/m0./s1. The van der Waals surface area contributed by atoms with Crippen LogP contribution in [0.4, 0.5) is 10.5 Å². The second-order valence-electron chi connectivity index (χ2n) is 16.2. The van der Waals surface area contributed by atoms with Gasteiger partial charge in [-0.3, -0.25) is 9.59 Å². The van der Waals surface area contributed by atoms with E-state index in [1.807, 2.05) is 25.1 Å². The van der Waals surface area contributed by atoms with E-state index >= 15 is 0 Å². The van der Waals surface area contributed by atoms with Gasteiger partial charge < -0.3 is 29.3 Å². The molecule has 2 amide bonds. The number of methoxy groups -OCH3 is 1. The highest BCUT2D eigenvalue weighted by atomic mass is 35.5. The van der Waals surface area contributed by atoms with E-state index in [2.05, 4.69) is 27.1 Å². The number of allylic oxidation sites excluding steroid dienone is 1. The van der Waals surface area contributed by atoms with Crippen LogP contribution in [0.25, 0.3) is 0 Å². The molecule has 6 aliphatic rings. The third-order valence-corrected chi connectivity index (χ3v) is 14.9. The predicted octanol–water partition coefficient (Wildman–Crippen LogP) is 4.88. The topological polar surface area (TPSA) is 144 Å². The van der Waals surface area contributed by atoms with Gasteiger partial charge in [-0.1, -0.05) is 30.7 Å². The first-order chi connectivity index (χ1) is 25.7. The van der Waals surface area contributed by atoms with Crippen molar-refractivity contribution in [1.29, 1.82) is 0 Å². The number of aryl methyl sites for hydroxylation is 1. The molecule has 14 heteroatoms. The number of rotatable bonds is 2. The summed E-state index contributed by atoms with van der Waals surface area (Å²) in [5.74, 6) is -0.203. The lowest BCUT2D eigenvalue weighted by Crippen LogP contribution is -2.61. The molecule has 6 atom stereocenters. The summed E-state index contributed by atoms with van der Waals surface area (Å²) in [6, 6.07) is 11.3. The van der Waals surface area contributed by atoms with Crippen molar-refractivity contribution >= 4 is 45.6 Å². The SMILES string of the molecule is CN1CC2(CNC2)OC1=O.CO[C@@]1(C=O)/C=C/C[C@H](C)[C@@H](C)S(=O)(=O)NC(=O)c2ccc3c(c2)N(C[C@@H]2CC[C@H]21)C[C@@]1(CCCc2cc(Cl)ccc21)CO3. The quantitative estimate of drug-likeness (QED) is 0.320. The molecular weight excluding hydrogens is 732 g/mol. The highest BCUT2D eigenvalue weighted by Crippen LogP contribution is 2.48. The number of hydrogen-bond acceptors (Lipinski definition) is 10. The summed E-state index contributed by atoms with van der Waals surface area (Å²) in [6.45, 7) is 7.53. The Kier molecular flexibility index (Phi) is 10.6. The Bertz CT molecular complexity index is 1940. The Balaban J connectivity index is 0.000000386. The lowest BCUT2D eigenvalue weighted by atomic mass is 9.64. The molecule has 3 fully saturated rings. The second kappa shape index (κ2) is 14.8. The predicted molar refractivity (Wildman–Crippen MR) is 206 cm³/mol. The van der Waals surface area contributed by atoms with E-state index in [1.165, 1.54) is 11.1 Å². The van der Waals surface area contributed by atoms with Crippen LogP contribution in [0.3, 0.4) is 0 Å². The first-order valence-electron chi connectivity index (χ1n) is 18.9. The highest BCUT2D eigenvalue weighted by Gasteiger charge is 2.50. The van der Waals surface area contributed by atoms with Crippen molar-refractivity contribution < 1.29 is 37.0 Å². The summed E-state index contributed by atoms with van der Waals surface area (Å²) in [7, 11) is -0.647. The normalized spacial score (nSPS) is 32.9. The minimum absolute atomic E-state index is 0.0434. The van der Waals surface area contributed by atoms with Gasteiger partial charge in [0.1, 0.15) is 11.4 Å². The van der Waals surface area contributed by atoms with E-state index in [9.17, 15) is 22.8 Å². The number of carbonyl (C=O) groups excluding carboxylic acids is 3. The lowest BCUT2D eigenvalue weighted by Gasteiger charge is -2.48. The van der Waals surface area contributed by atoms with Gasteiger partial charge in [0, 0.05) is 62.3 Å². The van der Waals surface area contributed by atoms with Gasteiger partial charge in [-0.05, 0) is 105 Å². The zero-order valence-corrected chi connectivity index (χ0v) is 33.0. The molecule has 2 aromatic rings. The van der Waals surface area contributed by atoms with Gasteiger partial charge in [-0.15, -0.1) is 0 Å². The number of nitrogens with one attached hydrogen (secondary N) is 2. The molecule has 8 rings (SSSR count). The highest BCUT2D eigenvalue weighted by molar-refractivity contribution is 7.90. The van der Waals surface area contributed by atoms with Crippen molar-refractivity contribution in [3.05, 3.63) is 70.3 Å². The maximum Gasteiger partial charge on any atom is 0.410 e. The van der Waals surface area contributed by atoms with Crippen LogP contribution in [0.2, 0.25) is 5.02 Å². The molecule has 2 bridgehead atoms. The molecule has 0 unspecified atom stereocenters. The van der Waals surface area contributed by atoms with Crippen LogP contribution in [0.15, 0.2) is 48.6 Å². The minimum Gasteiger partial charge on any atom is -0.490 e. The molecule has 2 N–H and O–H groups in total. The molecule has 12 nitrogen and oxygen atoms in total. The first-order valence-corrected chi connectivity index (χ1v) is 20.9. The number of hydrogen-bond donors (Lipinski definition) is 2. The third-order valence-electron chi connectivity index (χ3n) is 12.7. The van der Waals surface area contributed by atoms with E-state index < -0.39 is 26.8 Å². The smallest absolute Gasteiger partial charge is 0.410 e. The van der Waals surface area contributed by atoms with Crippen LogP contribution in [-0.4, -0.2) is 102 Å². The van der Waals surface area contributed by atoms with Crippen LogP contribution in [-0.2, 0) is 36.1 Å². The molecule has 292 valence electrons. The average Bonchev–Trinajstić information content (AvgIpc) is 3.36. The number of fused-ring (bicyclic) bond motifs is 4. The monoisotopic (exact) mass is 782 g/mol. The summed E-state index contributed by atoms with van der Waals surface area (Å²) < 4.78 is 46.5. The van der Waals surface area contributed by atoms with E-state index in [4.69, 9.17) is 25.8 Å². The number of likely N-dealkylation sites (N-methyl/N-ethyl adjacent to an activating group) is 1. The van der Waals surface area contributed by atoms with Crippen molar-refractivity contribution in [2.24, 2.45) is 17.8 Å². The Labute approximate surface area is 322 Å². The van der Waals surface area contributed by atoms with Gasteiger partial charge in [0.05, 0.1) is 24.1 Å². The molecule has 0 aromatic heterocycles. The molecule has 4 aliphatic heterocycles. The van der Waals surface area contributed by atoms with Crippen LogP contribution in [0, 0.1) is 17.8 Å². The van der Waals surface area contributed by atoms with Gasteiger partial charge in [0.15, 0.2) is 11.9 Å². The molecule has 2 spiro atoms. The van der Waals surface area contributed by atoms with Crippen molar-refractivity contribution in [2.75, 3.05) is 58.4 Å². The summed E-state index contributed by atoms with van der Waals surface area (Å²) in [6.07, 6.45) is 9.46. The van der Waals surface area contributed by atoms with Crippen molar-refractivity contribution in [3.8, 4) is 5.75 Å². The molecule has 4 heterocycles. The lowest BCUT2D eigenvalue weighted by molar-refractivity contribution is -0.135. The Morgan fingerprint density at radius 2 is 1.87 bits per heavy atom. The molecule has 1 saturated carbocycles. The van der Waals surface area contributed by atoms with Gasteiger partial charge >= 0.3 is 6.09 Å². The van der Waals surface area contributed by atoms with Crippen LogP contribution in [0.1, 0.15) is 67.4 Å². The number of sulfonamides is 1. The van der Waals surface area contributed by atoms with Crippen LogP contribution in [0.5, 0.6) is 5.75 Å². The number of ether oxygens (including phenoxy) is 3. The fourth-order valence-electron chi connectivity index (χ4n) is 9.06. The second-order valence-corrected chi connectivity index (χ2v) is 18.7. The van der Waals surface area contributed by atoms with Gasteiger partial charge in [0.25, 0.3) is 5.91 Å². The number of carbonyl (C=O) groups is 3. The van der Waals surface area contributed by atoms with Crippen molar-refractivity contribution in [3.63, 3.8) is 0 Å². The van der Waals surface area contributed by atoms with E-state index in [-0.39, 0.29) is 40.4 Å². The molecule has 2 aromatic carbocycles. The molecule has 2 saturated heterocycles. The number of benzene rings is 2. The van der Waals surface area contributed by atoms with Gasteiger partial charge in [0.2, 0.25) is 10.0 Å². The number of amides is 2. The summed E-state index contributed by atoms with van der Waals surface area (Å²) >= 11 is 6.40. The summed E-state index contributed by atoms with van der Waals surface area (Å²) in [5.41, 5.74) is 1.87. The van der Waals surface area contributed by atoms with Gasteiger partial charge in [-0.25, -0.2) is 17.9 Å². The minimum atomic E-state index is -3.97. The van der Waals surface area contributed by atoms with E-state index in [0.717, 1.165) is 63.7 Å². The van der Waals surface area contributed by atoms with E-state index in [0.29, 0.717) is 36.9 Å². The Morgan fingerprint density at radius 3 is 2.50 bits per heavy atom. The maximum absolute atomic E-state index is 13.4. The first kappa shape index (κ1) is 38.6. The maximum atomic E-state index is 13.4. The molecule has 54 heavy (non-hydrogen) atoms. The fraction of sp³-hybridized carbons (Fsp3) is 0.575. The number of nitrogens with zero attached hydrogens (tertiary/aromatic N) is 2. The average molecular weight is 783 g/mol. The van der Waals surface area contributed by atoms with Crippen LogP contribution < -0.4 is 19.7 Å². The number of halogens is 1. The summed E-state index contributed by atoms with van der Waals surface area (Å²) in [5, 5.41) is 2.96. The zero-order valence-electron chi connectivity index (χ0n) is 31.4. The van der Waals surface area contributed by atoms with E-state index in [1.54, 1.807) is 44.2 Å². The summed E-state index contributed by atoms with van der Waals surface area (Å²) in [4.78, 5) is 40.8. The number of aldehydes is 1. The van der Waals surface area contributed by atoms with Gasteiger partial charge in [-0.2, -0.15) is 0 Å². The fourth-order valence-corrected chi connectivity index (χ4v) is 10.5. The largest absolute Gasteiger partial charge is 0.490 e. The van der Waals surface area contributed by atoms with Crippen molar-refractivity contribution in [2.45, 2.75) is 74.2 Å². The van der Waals surface area contributed by atoms with Crippen molar-refractivity contribution in [1.82, 2.24) is 14.9 Å². The number of anilines is 1. The Hall–Kier alpha value is -3.65. The molecule has 0 radical (unpaired) electrons. The third kappa shape index (κ3) is 7.12. The Morgan fingerprint density at radius 1 is 1.07 bits per heavy atom.